The second kappa shape index (κ2) is 8.01. The molecule has 0 saturated heterocycles. The zero-order valence-corrected chi connectivity index (χ0v) is 15.8. The molecule has 3 rings (SSSR count). The maximum absolute atomic E-state index is 12.5. The van der Waals surface area contributed by atoms with Crippen LogP contribution in [0.25, 0.3) is 0 Å². The average molecular weight is 412 g/mol. The Kier molecular flexibility index (Phi) is 5.53. The summed E-state index contributed by atoms with van der Waals surface area (Å²) in [6.45, 7) is 2.52. The highest BCUT2D eigenvalue weighted by Crippen LogP contribution is 2.27. The van der Waals surface area contributed by atoms with Crippen LogP contribution >= 0.6 is 15.9 Å². The van der Waals surface area contributed by atoms with Gasteiger partial charge in [0.2, 0.25) is 0 Å². The number of nitrogens with zero attached hydrogens (tertiary/aromatic N) is 1. The van der Waals surface area contributed by atoms with E-state index in [0.29, 0.717) is 35.1 Å². The van der Waals surface area contributed by atoms with Gasteiger partial charge in [-0.15, -0.1) is 0 Å². The van der Waals surface area contributed by atoms with Crippen molar-refractivity contribution in [1.29, 1.82) is 0 Å². The number of rotatable bonds is 3. The summed E-state index contributed by atoms with van der Waals surface area (Å²) >= 11 is 3.42. The molecule has 1 aliphatic heterocycles. The maximum Gasteiger partial charge on any atom is 0.256 e. The van der Waals surface area contributed by atoms with E-state index in [1.54, 1.807) is 48.5 Å². The molecule has 1 heterocycles. The molecule has 0 unspecified atom stereocenters. The van der Waals surface area contributed by atoms with Crippen molar-refractivity contribution in [3.8, 4) is 11.5 Å². The first kappa shape index (κ1) is 17.9. The molecule has 0 radical (unpaired) electrons. The minimum absolute atomic E-state index is 0.249. The van der Waals surface area contributed by atoms with E-state index >= 15 is 0 Å². The standard InChI is InChI=1S/C20H18BrN3O2/c1-2-13-3-8-19(23-12-13)24-20(25)14-9-15(21)11-18(10-14)26-17-6-4-16(22)5-7-17/h2-11H,12,22H2,1H3,(H,23,24,25)/b13-2+. The molecule has 3 N–H and O–H groups in total. The van der Waals surface area contributed by atoms with E-state index in [-0.39, 0.29) is 5.91 Å². The lowest BCUT2D eigenvalue weighted by atomic mass is 10.1. The van der Waals surface area contributed by atoms with Crippen LogP contribution < -0.4 is 15.8 Å². The summed E-state index contributed by atoms with van der Waals surface area (Å²) in [6, 6.07) is 12.3. The van der Waals surface area contributed by atoms with Crippen LogP contribution in [0, 0.1) is 0 Å². The highest BCUT2D eigenvalue weighted by Gasteiger charge is 2.12. The van der Waals surface area contributed by atoms with Gasteiger partial charge in [0.1, 0.15) is 17.3 Å². The summed E-state index contributed by atoms with van der Waals surface area (Å²) in [5, 5.41) is 2.81. The fourth-order valence-corrected chi connectivity index (χ4v) is 2.82. The molecule has 1 aliphatic rings. The molecule has 0 aliphatic carbocycles. The van der Waals surface area contributed by atoms with Gasteiger partial charge in [0, 0.05) is 15.7 Å². The van der Waals surface area contributed by atoms with E-state index in [1.165, 1.54) is 0 Å². The number of nitrogen functional groups attached to an aromatic ring is 1. The third kappa shape index (κ3) is 4.61. The number of amides is 1. The predicted octanol–water partition coefficient (Wildman–Crippen LogP) is 4.47. The van der Waals surface area contributed by atoms with Crippen LogP contribution in [0.2, 0.25) is 0 Å². The van der Waals surface area contributed by atoms with E-state index in [1.807, 2.05) is 19.1 Å². The third-order valence-electron chi connectivity index (χ3n) is 3.75. The van der Waals surface area contributed by atoms with Crippen molar-refractivity contribution in [3.05, 3.63) is 76.3 Å². The first-order valence-corrected chi connectivity index (χ1v) is 8.86. The van der Waals surface area contributed by atoms with Crippen LogP contribution in [0.5, 0.6) is 11.5 Å². The van der Waals surface area contributed by atoms with Gasteiger partial charge in [0.15, 0.2) is 0 Å². The van der Waals surface area contributed by atoms with Crippen LogP contribution in [0.3, 0.4) is 0 Å². The molecular formula is C20H18BrN3O2. The quantitative estimate of drug-likeness (QED) is 0.731. The zero-order chi connectivity index (χ0) is 18.5. The number of aliphatic imine (C=N–C) groups is 1. The molecular weight excluding hydrogens is 394 g/mol. The molecule has 0 aromatic heterocycles. The number of ether oxygens (including phenoxy) is 1. The van der Waals surface area contributed by atoms with Crippen molar-refractivity contribution in [3.63, 3.8) is 0 Å². The van der Waals surface area contributed by atoms with Crippen molar-refractivity contribution < 1.29 is 9.53 Å². The molecule has 132 valence electrons. The molecule has 0 saturated carbocycles. The summed E-state index contributed by atoms with van der Waals surface area (Å²) in [7, 11) is 0. The Morgan fingerprint density at radius 1 is 1.19 bits per heavy atom. The molecule has 0 spiro atoms. The Bertz CT molecular complexity index is 915. The molecule has 2 aromatic carbocycles. The van der Waals surface area contributed by atoms with E-state index in [2.05, 4.69) is 26.2 Å². The highest BCUT2D eigenvalue weighted by molar-refractivity contribution is 9.10. The van der Waals surface area contributed by atoms with Gasteiger partial charge in [-0.3, -0.25) is 9.79 Å². The van der Waals surface area contributed by atoms with Gasteiger partial charge in [-0.2, -0.15) is 0 Å². The third-order valence-corrected chi connectivity index (χ3v) is 4.21. The Hall–Kier alpha value is -2.86. The van der Waals surface area contributed by atoms with Gasteiger partial charge in [0.25, 0.3) is 5.91 Å². The SMILES string of the molecule is C/C=C1\C=CC(NC(=O)c2cc(Br)cc(Oc3ccc(N)cc3)c2)=NC1. The summed E-state index contributed by atoms with van der Waals surface area (Å²) in [4.78, 5) is 16.9. The fraction of sp³-hybridized carbons (Fsp3) is 0.100. The topological polar surface area (TPSA) is 76.7 Å². The van der Waals surface area contributed by atoms with Crippen LogP contribution in [-0.2, 0) is 0 Å². The summed E-state index contributed by atoms with van der Waals surface area (Å²) in [6.07, 6.45) is 5.73. The number of carbonyl (C=O) groups is 1. The highest BCUT2D eigenvalue weighted by atomic mass is 79.9. The van der Waals surface area contributed by atoms with Gasteiger partial charge < -0.3 is 15.8 Å². The Labute approximate surface area is 160 Å². The van der Waals surface area contributed by atoms with Crippen molar-refractivity contribution in [2.45, 2.75) is 6.92 Å². The molecule has 5 nitrogen and oxygen atoms in total. The Morgan fingerprint density at radius 2 is 1.96 bits per heavy atom. The Morgan fingerprint density at radius 3 is 2.62 bits per heavy atom. The minimum Gasteiger partial charge on any atom is -0.457 e. The number of nitrogens with one attached hydrogen (secondary N) is 1. The van der Waals surface area contributed by atoms with Crippen LogP contribution in [0.15, 0.2) is 75.7 Å². The van der Waals surface area contributed by atoms with Crippen LogP contribution in [-0.4, -0.2) is 18.3 Å². The van der Waals surface area contributed by atoms with Crippen molar-refractivity contribution in [2.75, 3.05) is 12.3 Å². The van der Waals surface area contributed by atoms with E-state index in [4.69, 9.17) is 10.5 Å². The smallest absolute Gasteiger partial charge is 0.256 e. The van der Waals surface area contributed by atoms with Gasteiger partial charge in [0.05, 0.1) is 6.54 Å². The number of allylic oxidation sites excluding steroid dienone is 1. The lowest BCUT2D eigenvalue weighted by molar-refractivity contribution is 0.0977. The Balaban J connectivity index is 1.74. The molecule has 1 amide bonds. The molecule has 0 bridgehead atoms. The summed E-state index contributed by atoms with van der Waals surface area (Å²) in [5.41, 5.74) is 7.92. The minimum atomic E-state index is -0.249. The first-order valence-electron chi connectivity index (χ1n) is 8.06. The van der Waals surface area contributed by atoms with Gasteiger partial charge in [-0.05, 0) is 61.0 Å². The molecule has 0 atom stereocenters. The second-order valence-corrected chi connectivity index (χ2v) is 6.61. The van der Waals surface area contributed by atoms with Crippen molar-refractivity contribution in [1.82, 2.24) is 5.32 Å². The number of benzene rings is 2. The van der Waals surface area contributed by atoms with E-state index in [0.717, 1.165) is 10.0 Å². The number of hydrogen-bond acceptors (Lipinski definition) is 4. The number of hydrogen-bond donors (Lipinski definition) is 2. The van der Waals surface area contributed by atoms with Gasteiger partial charge in [-0.1, -0.05) is 28.1 Å². The van der Waals surface area contributed by atoms with Crippen LogP contribution in [0.1, 0.15) is 17.3 Å². The first-order chi connectivity index (χ1) is 12.5. The largest absolute Gasteiger partial charge is 0.457 e. The van der Waals surface area contributed by atoms with Crippen molar-refractivity contribution in [2.24, 2.45) is 4.99 Å². The molecule has 0 fully saturated rings. The van der Waals surface area contributed by atoms with E-state index < -0.39 is 0 Å². The average Bonchev–Trinajstić information content (AvgIpc) is 2.64. The van der Waals surface area contributed by atoms with Gasteiger partial charge in [-0.25, -0.2) is 0 Å². The maximum atomic E-state index is 12.5. The van der Waals surface area contributed by atoms with Crippen molar-refractivity contribution >= 4 is 33.4 Å². The number of halogens is 1. The van der Waals surface area contributed by atoms with Crippen LogP contribution in [0.4, 0.5) is 5.69 Å². The lowest BCUT2D eigenvalue weighted by Crippen LogP contribution is -2.30. The number of nitrogens with two attached hydrogens (primary N) is 1. The number of anilines is 1. The van der Waals surface area contributed by atoms with E-state index in [9.17, 15) is 4.79 Å². The number of amidine groups is 1. The lowest BCUT2D eigenvalue weighted by Gasteiger charge is -2.12. The molecule has 2 aromatic rings. The number of dihydropyridines is 1. The molecule has 26 heavy (non-hydrogen) atoms. The monoisotopic (exact) mass is 411 g/mol. The normalized spacial score (nSPS) is 14.8. The summed E-state index contributed by atoms with van der Waals surface area (Å²) < 4.78 is 6.55. The zero-order valence-electron chi connectivity index (χ0n) is 14.2. The second-order valence-electron chi connectivity index (χ2n) is 5.70. The predicted molar refractivity (Wildman–Crippen MR) is 108 cm³/mol. The summed E-state index contributed by atoms with van der Waals surface area (Å²) in [5.74, 6) is 1.48. The van der Waals surface area contributed by atoms with Gasteiger partial charge >= 0.3 is 0 Å². The number of carbonyl (C=O) groups excluding carboxylic acids is 1. The molecule has 6 heteroatoms. The fourth-order valence-electron chi connectivity index (χ4n) is 2.35.